The summed E-state index contributed by atoms with van der Waals surface area (Å²) >= 11 is 0. The molecule has 1 aromatic carbocycles. The number of benzene rings is 1. The van der Waals surface area contributed by atoms with Gasteiger partial charge in [0.05, 0.1) is 37.2 Å². The van der Waals surface area contributed by atoms with Crippen LogP contribution in [0.25, 0.3) is 0 Å². The maximum atomic E-state index is 13.5. The maximum absolute atomic E-state index is 13.5. The van der Waals surface area contributed by atoms with Gasteiger partial charge in [0.2, 0.25) is 18.6 Å². The van der Waals surface area contributed by atoms with Crippen molar-refractivity contribution in [2.24, 2.45) is 28.8 Å². The van der Waals surface area contributed by atoms with Gasteiger partial charge in [0, 0.05) is 24.0 Å². The predicted octanol–water partition coefficient (Wildman–Crippen LogP) is 0.770. The van der Waals surface area contributed by atoms with E-state index in [1.54, 1.807) is 25.1 Å². The average Bonchev–Trinajstić information content (AvgIpc) is 3.38. The van der Waals surface area contributed by atoms with Crippen LogP contribution in [0.1, 0.15) is 31.7 Å². The van der Waals surface area contributed by atoms with Crippen LogP contribution >= 0.6 is 0 Å². The number of carbonyl (C=O) groups excluding carboxylic acids is 3. The van der Waals surface area contributed by atoms with E-state index in [4.69, 9.17) is 14.2 Å². The summed E-state index contributed by atoms with van der Waals surface area (Å²) in [6, 6.07) is 5.27. The minimum absolute atomic E-state index is 0.0647. The third kappa shape index (κ3) is 3.78. The second-order valence-electron chi connectivity index (χ2n) is 9.04. The SMILES string of the molecule is CCOC(=O)NN=C1C[C@@H](O)[C@@H](O)[C@@H]2[C@H]3C(=O)N(Cc4ccc5c(c4)OCO5)C(=O)[C@@H]3CC[C@@H]12. The van der Waals surface area contributed by atoms with E-state index in [-0.39, 0.29) is 44.1 Å². The average molecular weight is 473 g/mol. The van der Waals surface area contributed by atoms with Crippen molar-refractivity contribution in [3.8, 4) is 11.5 Å². The van der Waals surface area contributed by atoms with Gasteiger partial charge < -0.3 is 24.4 Å². The number of ether oxygens (including phenoxy) is 3. The lowest BCUT2D eigenvalue weighted by atomic mass is 9.60. The van der Waals surface area contributed by atoms with Crippen LogP contribution in [-0.4, -0.2) is 64.3 Å². The Labute approximate surface area is 195 Å². The van der Waals surface area contributed by atoms with Gasteiger partial charge in [0.1, 0.15) is 0 Å². The number of aliphatic hydroxyl groups excluding tert-OH is 2. The number of hydrazone groups is 1. The zero-order valence-electron chi connectivity index (χ0n) is 18.7. The summed E-state index contributed by atoms with van der Waals surface area (Å²) in [7, 11) is 0. The van der Waals surface area contributed by atoms with Gasteiger partial charge in [-0.2, -0.15) is 5.10 Å². The summed E-state index contributed by atoms with van der Waals surface area (Å²) < 4.78 is 15.5. The molecule has 11 heteroatoms. The lowest BCUT2D eigenvalue weighted by Crippen LogP contribution is -2.55. The van der Waals surface area contributed by atoms with Crippen molar-refractivity contribution in [3.05, 3.63) is 23.8 Å². The molecular weight excluding hydrogens is 446 g/mol. The van der Waals surface area contributed by atoms with Crippen LogP contribution in [0.4, 0.5) is 4.79 Å². The quantitative estimate of drug-likeness (QED) is 0.429. The van der Waals surface area contributed by atoms with Gasteiger partial charge in [0.25, 0.3) is 0 Å². The highest BCUT2D eigenvalue weighted by Gasteiger charge is 2.59. The van der Waals surface area contributed by atoms with Gasteiger partial charge in [0.15, 0.2) is 11.5 Å². The first kappa shape index (κ1) is 22.6. The Kier molecular flexibility index (Phi) is 5.90. The molecule has 3 N–H and O–H groups in total. The number of hydrogen-bond acceptors (Lipinski definition) is 9. The van der Waals surface area contributed by atoms with E-state index in [1.165, 1.54) is 4.90 Å². The van der Waals surface area contributed by atoms with Gasteiger partial charge in [-0.3, -0.25) is 14.5 Å². The van der Waals surface area contributed by atoms with Gasteiger partial charge in [-0.05, 0) is 37.5 Å². The Hall–Kier alpha value is -3.18. The second kappa shape index (κ2) is 8.88. The van der Waals surface area contributed by atoms with Crippen molar-refractivity contribution in [2.75, 3.05) is 13.4 Å². The molecule has 0 radical (unpaired) electrons. The summed E-state index contributed by atoms with van der Waals surface area (Å²) in [4.78, 5) is 39.6. The topological polar surface area (TPSA) is 147 Å². The largest absolute Gasteiger partial charge is 0.454 e. The maximum Gasteiger partial charge on any atom is 0.427 e. The minimum atomic E-state index is -1.18. The number of aliphatic hydroxyl groups is 2. The summed E-state index contributed by atoms with van der Waals surface area (Å²) in [5.74, 6) is -1.82. The lowest BCUT2D eigenvalue weighted by Gasteiger charge is -2.45. The standard InChI is InChI=1S/C23H27N3O8/c1-2-32-23(31)25-24-14-8-15(27)20(28)18-12(14)4-5-13-19(18)22(30)26(21(13)29)9-11-3-6-16-17(7-11)34-10-33-16/h3,6-7,12-13,15,18-20,27-28H,2,4-5,8-10H2,1H3,(H,25,31)/t12-,13+,15+,18-,19-,20+/m0/s1. The fourth-order valence-electron chi connectivity index (χ4n) is 5.72. The highest BCUT2D eigenvalue weighted by molar-refractivity contribution is 6.06. The molecule has 1 aromatic rings. The molecule has 2 heterocycles. The van der Waals surface area contributed by atoms with Gasteiger partial charge in [-0.1, -0.05) is 6.07 Å². The van der Waals surface area contributed by atoms with E-state index < -0.39 is 36.1 Å². The molecule has 1 saturated heterocycles. The van der Waals surface area contributed by atoms with Crippen molar-refractivity contribution >= 4 is 23.6 Å². The monoisotopic (exact) mass is 473 g/mol. The third-order valence-corrected chi connectivity index (χ3v) is 7.21. The molecule has 2 aliphatic heterocycles. The van der Waals surface area contributed by atoms with E-state index >= 15 is 0 Å². The summed E-state index contributed by atoms with van der Waals surface area (Å²) in [6.07, 6.45) is -2.03. The number of fused-ring (bicyclic) bond motifs is 4. The third-order valence-electron chi connectivity index (χ3n) is 7.21. The van der Waals surface area contributed by atoms with E-state index in [9.17, 15) is 24.6 Å². The summed E-state index contributed by atoms with van der Waals surface area (Å²) in [5.41, 5.74) is 3.53. The molecule has 6 atom stereocenters. The molecule has 0 aromatic heterocycles. The van der Waals surface area contributed by atoms with Crippen LogP contribution in [0.5, 0.6) is 11.5 Å². The van der Waals surface area contributed by atoms with Crippen LogP contribution in [0.15, 0.2) is 23.3 Å². The number of carbonyl (C=O) groups is 3. The van der Waals surface area contributed by atoms with E-state index in [1.807, 2.05) is 0 Å². The molecule has 0 bridgehead atoms. The molecule has 5 rings (SSSR count). The number of imide groups is 1. The lowest BCUT2D eigenvalue weighted by molar-refractivity contribution is -0.142. The molecule has 182 valence electrons. The number of hydrogen-bond donors (Lipinski definition) is 3. The predicted molar refractivity (Wildman–Crippen MR) is 116 cm³/mol. The number of amides is 3. The molecule has 0 spiro atoms. The van der Waals surface area contributed by atoms with Crippen molar-refractivity contribution < 1.29 is 38.8 Å². The molecule has 34 heavy (non-hydrogen) atoms. The van der Waals surface area contributed by atoms with E-state index in [0.717, 1.165) is 5.56 Å². The van der Waals surface area contributed by atoms with Crippen LogP contribution in [0.3, 0.4) is 0 Å². The first-order valence-electron chi connectivity index (χ1n) is 11.5. The number of nitrogens with one attached hydrogen (secondary N) is 1. The Morgan fingerprint density at radius 1 is 1.18 bits per heavy atom. The molecule has 0 unspecified atom stereocenters. The van der Waals surface area contributed by atoms with Crippen LogP contribution in [-0.2, 0) is 20.9 Å². The zero-order chi connectivity index (χ0) is 24.0. The summed E-state index contributed by atoms with van der Waals surface area (Å²) in [5, 5.41) is 25.5. The Balaban J connectivity index is 1.38. The Morgan fingerprint density at radius 3 is 2.74 bits per heavy atom. The molecule has 4 aliphatic rings. The molecule has 2 saturated carbocycles. The molecule has 3 fully saturated rings. The van der Waals surface area contributed by atoms with Gasteiger partial charge in [-0.15, -0.1) is 0 Å². The van der Waals surface area contributed by atoms with Crippen molar-refractivity contribution in [1.29, 1.82) is 0 Å². The first-order valence-corrected chi connectivity index (χ1v) is 11.5. The van der Waals surface area contributed by atoms with E-state index in [2.05, 4.69) is 10.5 Å². The minimum Gasteiger partial charge on any atom is -0.454 e. The van der Waals surface area contributed by atoms with Crippen molar-refractivity contribution in [1.82, 2.24) is 10.3 Å². The van der Waals surface area contributed by atoms with Gasteiger partial charge in [-0.25, -0.2) is 10.2 Å². The van der Waals surface area contributed by atoms with Crippen LogP contribution in [0, 0.1) is 23.7 Å². The molecule has 11 nitrogen and oxygen atoms in total. The Bertz CT molecular complexity index is 1040. The fourth-order valence-corrected chi connectivity index (χ4v) is 5.72. The van der Waals surface area contributed by atoms with Crippen molar-refractivity contribution in [2.45, 2.75) is 44.9 Å². The van der Waals surface area contributed by atoms with E-state index in [0.29, 0.717) is 30.1 Å². The second-order valence-corrected chi connectivity index (χ2v) is 9.04. The van der Waals surface area contributed by atoms with Gasteiger partial charge >= 0.3 is 6.09 Å². The first-order chi connectivity index (χ1) is 16.4. The number of likely N-dealkylation sites (tertiary alicyclic amines) is 1. The number of nitrogens with zero attached hydrogens (tertiary/aromatic N) is 2. The smallest absolute Gasteiger partial charge is 0.427 e. The van der Waals surface area contributed by atoms with Crippen LogP contribution in [0.2, 0.25) is 0 Å². The number of rotatable bonds is 4. The van der Waals surface area contributed by atoms with Crippen molar-refractivity contribution in [3.63, 3.8) is 0 Å². The highest BCUT2D eigenvalue weighted by Crippen LogP contribution is 2.50. The highest BCUT2D eigenvalue weighted by atomic mass is 16.7. The fraction of sp³-hybridized carbons (Fsp3) is 0.565. The molecular formula is C23H27N3O8. The Morgan fingerprint density at radius 2 is 1.94 bits per heavy atom. The zero-order valence-corrected chi connectivity index (χ0v) is 18.7. The molecule has 2 aliphatic carbocycles. The normalized spacial score (nSPS) is 33.0. The molecule has 3 amide bonds. The van der Waals surface area contributed by atoms with Crippen LogP contribution < -0.4 is 14.9 Å². The summed E-state index contributed by atoms with van der Waals surface area (Å²) in [6.45, 7) is 2.07.